The van der Waals surface area contributed by atoms with Gasteiger partial charge in [0.2, 0.25) is 0 Å². The molecular weight excluding hydrogens is 286 g/mol. The highest BCUT2D eigenvalue weighted by Crippen LogP contribution is 2.35. The standard InChI is InChI=1S/C16H32BrN/c1-5-7-16(12-17,8-6-2)13-18-10-14(3)9-15(4)11-18/h14-15H,5-13H2,1-4H3. The van der Waals surface area contributed by atoms with Gasteiger partial charge >= 0.3 is 0 Å². The van der Waals surface area contributed by atoms with Crippen molar-refractivity contribution < 1.29 is 0 Å². The molecule has 0 saturated carbocycles. The summed E-state index contributed by atoms with van der Waals surface area (Å²) in [6.45, 7) is 13.4. The fraction of sp³-hybridized carbons (Fsp3) is 1.00. The lowest BCUT2D eigenvalue weighted by Gasteiger charge is -2.42. The van der Waals surface area contributed by atoms with E-state index in [1.54, 1.807) is 0 Å². The number of halogens is 1. The van der Waals surface area contributed by atoms with Crippen molar-refractivity contribution in [2.45, 2.75) is 59.8 Å². The Hall–Kier alpha value is 0.440. The van der Waals surface area contributed by atoms with Crippen molar-refractivity contribution in [2.75, 3.05) is 25.0 Å². The largest absolute Gasteiger partial charge is 0.302 e. The summed E-state index contributed by atoms with van der Waals surface area (Å²) in [7, 11) is 0. The van der Waals surface area contributed by atoms with Gasteiger partial charge in [0, 0.05) is 25.0 Å². The van der Waals surface area contributed by atoms with Crippen LogP contribution in [0, 0.1) is 17.3 Å². The molecule has 0 aromatic heterocycles. The lowest BCUT2D eigenvalue weighted by Crippen LogP contribution is -2.45. The van der Waals surface area contributed by atoms with Gasteiger partial charge in [-0.1, -0.05) is 56.5 Å². The molecule has 0 radical (unpaired) electrons. The third-order valence-electron chi connectivity index (χ3n) is 4.35. The molecule has 2 heteroatoms. The number of rotatable bonds is 7. The van der Waals surface area contributed by atoms with Crippen molar-refractivity contribution in [1.29, 1.82) is 0 Å². The topological polar surface area (TPSA) is 3.24 Å². The van der Waals surface area contributed by atoms with E-state index in [-0.39, 0.29) is 0 Å². The van der Waals surface area contributed by atoms with Gasteiger partial charge in [-0.2, -0.15) is 0 Å². The SMILES string of the molecule is CCCC(CBr)(CCC)CN1CC(C)CC(C)C1. The van der Waals surface area contributed by atoms with E-state index in [1.165, 1.54) is 57.1 Å². The van der Waals surface area contributed by atoms with Crippen LogP contribution in [0.15, 0.2) is 0 Å². The lowest BCUT2D eigenvalue weighted by molar-refractivity contribution is 0.0825. The number of hydrogen-bond acceptors (Lipinski definition) is 1. The zero-order valence-corrected chi connectivity index (χ0v) is 14.4. The van der Waals surface area contributed by atoms with Gasteiger partial charge in [-0.3, -0.25) is 0 Å². The van der Waals surface area contributed by atoms with E-state index in [2.05, 4.69) is 48.5 Å². The normalized spacial score (nSPS) is 26.5. The second-order valence-corrected chi connectivity index (χ2v) is 7.33. The van der Waals surface area contributed by atoms with Crippen LogP contribution in [0.1, 0.15) is 59.8 Å². The van der Waals surface area contributed by atoms with Crippen LogP contribution in [0.5, 0.6) is 0 Å². The van der Waals surface area contributed by atoms with Crippen LogP contribution in [-0.4, -0.2) is 29.9 Å². The van der Waals surface area contributed by atoms with Gasteiger partial charge in [0.05, 0.1) is 0 Å². The van der Waals surface area contributed by atoms with Crippen molar-refractivity contribution in [1.82, 2.24) is 4.90 Å². The molecule has 1 aliphatic heterocycles. The predicted octanol–water partition coefficient (Wildman–Crippen LogP) is 4.95. The molecule has 0 aromatic carbocycles. The first kappa shape index (κ1) is 16.5. The highest BCUT2D eigenvalue weighted by Gasteiger charge is 2.32. The summed E-state index contributed by atoms with van der Waals surface area (Å²) in [6, 6.07) is 0. The zero-order valence-electron chi connectivity index (χ0n) is 12.8. The van der Waals surface area contributed by atoms with Crippen molar-refractivity contribution in [3.63, 3.8) is 0 Å². The maximum Gasteiger partial charge on any atom is 0.0100 e. The molecular formula is C16H32BrN. The molecule has 2 atom stereocenters. The average Bonchev–Trinajstić information content (AvgIpc) is 2.28. The molecule has 108 valence electrons. The number of likely N-dealkylation sites (tertiary alicyclic amines) is 1. The quantitative estimate of drug-likeness (QED) is 0.601. The number of piperidine rings is 1. The zero-order chi connectivity index (χ0) is 13.6. The monoisotopic (exact) mass is 317 g/mol. The minimum atomic E-state index is 0.514. The van der Waals surface area contributed by atoms with E-state index < -0.39 is 0 Å². The Morgan fingerprint density at radius 3 is 1.94 bits per heavy atom. The Kier molecular flexibility index (Phi) is 7.23. The van der Waals surface area contributed by atoms with E-state index in [1.807, 2.05) is 0 Å². The van der Waals surface area contributed by atoms with Gasteiger partial charge < -0.3 is 4.90 Å². The van der Waals surface area contributed by atoms with E-state index in [9.17, 15) is 0 Å². The number of hydrogen-bond donors (Lipinski definition) is 0. The van der Waals surface area contributed by atoms with Crippen molar-refractivity contribution in [3.8, 4) is 0 Å². The molecule has 2 unspecified atom stereocenters. The van der Waals surface area contributed by atoms with Crippen molar-refractivity contribution in [2.24, 2.45) is 17.3 Å². The molecule has 1 fully saturated rings. The summed E-state index contributed by atoms with van der Waals surface area (Å²) < 4.78 is 0. The summed E-state index contributed by atoms with van der Waals surface area (Å²) in [5.74, 6) is 1.76. The van der Waals surface area contributed by atoms with Crippen LogP contribution >= 0.6 is 15.9 Å². The van der Waals surface area contributed by atoms with Gasteiger partial charge in [0.25, 0.3) is 0 Å². The lowest BCUT2D eigenvalue weighted by atomic mass is 9.79. The first-order chi connectivity index (χ1) is 8.55. The van der Waals surface area contributed by atoms with E-state index in [0.29, 0.717) is 5.41 Å². The first-order valence-corrected chi connectivity index (χ1v) is 8.95. The van der Waals surface area contributed by atoms with E-state index in [0.717, 1.165) is 11.8 Å². The molecule has 0 spiro atoms. The molecule has 0 bridgehead atoms. The third kappa shape index (κ3) is 4.85. The molecule has 1 heterocycles. The van der Waals surface area contributed by atoms with Crippen LogP contribution in [0.25, 0.3) is 0 Å². The highest BCUT2D eigenvalue weighted by molar-refractivity contribution is 9.09. The fourth-order valence-corrected chi connectivity index (χ4v) is 4.65. The van der Waals surface area contributed by atoms with Crippen LogP contribution < -0.4 is 0 Å². The Labute approximate surface area is 123 Å². The molecule has 1 saturated heterocycles. The molecule has 0 N–H and O–H groups in total. The highest BCUT2D eigenvalue weighted by atomic mass is 79.9. The molecule has 0 aromatic rings. The fourth-order valence-electron chi connectivity index (χ4n) is 3.92. The van der Waals surface area contributed by atoms with E-state index >= 15 is 0 Å². The maximum absolute atomic E-state index is 3.81. The van der Waals surface area contributed by atoms with Gasteiger partial charge in [0.15, 0.2) is 0 Å². The smallest absolute Gasteiger partial charge is 0.0100 e. The predicted molar refractivity (Wildman–Crippen MR) is 85.4 cm³/mol. The van der Waals surface area contributed by atoms with E-state index in [4.69, 9.17) is 0 Å². The van der Waals surface area contributed by atoms with Crippen LogP contribution in [0.4, 0.5) is 0 Å². The summed E-state index contributed by atoms with van der Waals surface area (Å²) in [5.41, 5.74) is 0.514. The Morgan fingerprint density at radius 2 is 1.56 bits per heavy atom. The summed E-state index contributed by atoms with van der Waals surface area (Å²) in [6.07, 6.45) is 6.77. The minimum Gasteiger partial charge on any atom is -0.302 e. The van der Waals surface area contributed by atoms with Crippen molar-refractivity contribution >= 4 is 15.9 Å². The van der Waals surface area contributed by atoms with Gasteiger partial charge in [-0.05, 0) is 36.5 Å². The Bertz CT molecular complexity index is 213. The molecule has 1 aliphatic rings. The summed E-state index contributed by atoms with van der Waals surface area (Å²) in [5, 5.41) is 1.17. The Morgan fingerprint density at radius 1 is 1.06 bits per heavy atom. The molecule has 0 aliphatic carbocycles. The van der Waals surface area contributed by atoms with Gasteiger partial charge in [-0.15, -0.1) is 0 Å². The first-order valence-electron chi connectivity index (χ1n) is 7.83. The van der Waals surface area contributed by atoms with Crippen LogP contribution in [-0.2, 0) is 0 Å². The average molecular weight is 318 g/mol. The van der Waals surface area contributed by atoms with Crippen LogP contribution in [0.3, 0.4) is 0 Å². The molecule has 18 heavy (non-hydrogen) atoms. The number of alkyl halides is 1. The maximum atomic E-state index is 3.81. The van der Waals surface area contributed by atoms with Crippen molar-refractivity contribution in [3.05, 3.63) is 0 Å². The number of nitrogens with zero attached hydrogens (tertiary/aromatic N) is 1. The van der Waals surface area contributed by atoms with Gasteiger partial charge in [0.1, 0.15) is 0 Å². The second kappa shape index (κ2) is 7.89. The minimum absolute atomic E-state index is 0.514. The summed E-state index contributed by atoms with van der Waals surface area (Å²) in [4.78, 5) is 2.74. The summed E-state index contributed by atoms with van der Waals surface area (Å²) >= 11 is 3.81. The van der Waals surface area contributed by atoms with Crippen LogP contribution in [0.2, 0.25) is 0 Å². The molecule has 0 amide bonds. The second-order valence-electron chi connectivity index (χ2n) is 6.77. The molecule has 1 rings (SSSR count). The third-order valence-corrected chi connectivity index (χ3v) is 5.54. The van der Waals surface area contributed by atoms with Gasteiger partial charge in [-0.25, -0.2) is 0 Å². The Balaban J connectivity index is 2.63. The molecule has 1 nitrogen and oxygen atoms in total.